The molecule has 2 aliphatic rings. The molecule has 2 heterocycles. The molecule has 1 aliphatic heterocycles. The van der Waals surface area contributed by atoms with Crippen LogP contribution in [0.1, 0.15) is 64.8 Å². The first-order valence-electron chi connectivity index (χ1n) is 11.9. The summed E-state index contributed by atoms with van der Waals surface area (Å²) in [7, 11) is 0. The van der Waals surface area contributed by atoms with E-state index in [1.165, 1.54) is 17.7 Å². The van der Waals surface area contributed by atoms with E-state index in [-0.39, 0.29) is 36.8 Å². The van der Waals surface area contributed by atoms with Crippen LogP contribution in [-0.2, 0) is 11.3 Å². The van der Waals surface area contributed by atoms with Crippen molar-refractivity contribution in [1.29, 1.82) is 0 Å². The molecule has 0 unspecified atom stereocenters. The fourth-order valence-electron chi connectivity index (χ4n) is 4.79. The van der Waals surface area contributed by atoms with Gasteiger partial charge in [0.25, 0.3) is 11.8 Å². The van der Waals surface area contributed by atoms with Crippen molar-refractivity contribution in [2.75, 3.05) is 6.54 Å². The van der Waals surface area contributed by atoms with E-state index in [9.17, 15) is 14.4 Å². The quantitative estimate of drug-likeness (QED) is 0.511. The van der Waals surface area contributed by atoms with Gasteiger partial charge in [-0.2, -0.15) is 0 Å². The molecular formula is C27H27N3O4. The molecule has 3 aromatic rings. The molecule has 174 valence electrons. The standard InChI is InChI=1S/C27H27N3O4/c31-23(29-17-19-9-5-15-28-25(19)34-20-10-1-2-11-20)14-6-16-30-26(32)21-12-3-7-18-8-4-13-22(24(18)21)27(30)33/h3-5,7-9,12-13,15,20H,1-2,6,10-11,14,16-17H2,(H,29,31). The third kappa shape index (κ3) is 4.38. The van der Waals surface area contributed by atoms with Crippen molar-refractivity contribution in [3.63, 3.8) is 0 Å². The Morgan fingerprint density at radius 3 is 2.41 bits per heavy atom. The largest absolute Gasteiger partial charge is 0.474 e. The van der Waals surface area contributed by atoms with Crippen LogP contribution >= 0.6 is 0 Å². The van der Waals surface area contributed by atoms with E-state index in [0.29, 0.717) is 35.4 Å². The first kappa shape index (κ1) is 22.1. The van der Waals surface area contributed by atoms with Crippen LogP contribution in [-0.4, -0.2) is 40.3 Å². The highest BCUT2D eigenvalue weighted by Crippen LogP contribution is 2.30. The number of rotatable bonds is 8. The Labute approximate surface area is 198 Å². The molecule has 0 atom stereocenters. The van der Waals surface area contributed by atoms with Crippen LogP contribution in [0.15, 0.2) is 54.7 Å². The molecule has 1 aromatic heterocycles. The molecule has 2 aromatic carbocycles. The third-order valence-corrected chi connectivity index (χ3v) is 6.55. The molecule has 34 heavy (non-hydrogen) atoms. The summed E-state index contributed by atoms with van der Waals surface area (Å²) >= 11 is 0. The van der Waals surface area contributed by atoms with Crippen molar-refractivity contribution < 1.29 is 19.1 Å². The van der Waals surface area contributed by atoms with E-state index in [2.05, 4.69) is 10.3 Å². The second-order valence-electron chi connectivity index (χ2n) is 8.84. The van der Waals surface area contributed by atoms with Crippen LogP contribution in [0.4, 0.5) is 0 Å². The highest BCUT2D eigenvalue weighted by Gasteiger charge is 2.32. The predicted octanol–water partition coefficient (Wildman–Crippen LogP) is 4.25. The van der Waals surface area contributed by atoms with E-state index in [0.717, 1.165) is 23.8 Å². The number of imide groups is 1. The molecular weight excluding hydrogens is 430 g/mol. The SMILES string of the molecule is O=C(CCCN1C(=O)c2cccc3cccc(c23)C1=O)NCc1cccnc1OC1CCCC1. The van der Waals surface area contributed by atoms with Gasteiger partial charge in [-0.1, -0.05) is 30.3 Å². The average Bonchev–Trinajstić information content (AvgIpc) is 3.37. The zero-order chi connectivity index (χ0) is 23.5. The second-order valence-corrected chi connectivity index (χ2v) is 8.84. The Hall–Kier alpha value is -3.74. The summed E-state index contributed by atoms with van der Waals surface area (Å²) in [5.74, 6) is -0.181. The Kier molecular flexibility index (Phi) is 6.25. The van der Waals surface area contributed by atoms with E-state index < -0.39 is 0 Å². The lowest BCUT2D eigenvalue weighted by molar-refractivity contribution is -0.121. The summed E-state index contributed by atoms with van der Waals surface area (Å²) in [5.41, 5.74) is 1.90. The van der Waals surface area contributed by atoms with Gasteiger partial charge in [0.15, 0.2) is 0 Å². The summed E-state index contributed by atoms with van der Waals surface area (Å²) in [5, 5.41) is 4.50. The van der Waals surface area contributed by atoms with Crippen LogP contribution in [0, 0.1) is 0 Å². The van der Waals surface area contributed by atoms with Crippen molar-refractivity contribution in [1.82, 2.24) is 15.2 Å². The normalized spacial score (nSPS) is 15.7. The monoisotopic (exact) mass is 457 g/mol. The number of carbonyl (C=O) groups is 3. The maximum absolute atomic E-state index is 13.0. The Balaban J connectivity index is 1.16. The molecule has 3 amide bonds. The van der Waals surface area contributed by atoms with E-state index in [4.69, 9.17) is 4.74 Å². The summed E-state index contributed by atoms with van der Waals surface area (Å²) < 4.78 is 6.03. The number of nitrogens with zero attached hydrogens (tertiary/aromatic N) is 2. The van der Waals surface area contributed by atoms with Gasteiger partial charge in [0, 0.05) is 47.8 Å². The first-order valence-corrected chi connectivity index (χ1v) is 11.9. The zero-order valence-electron chi connectivity index (χ0n) is 19.0. The van der Waals surface area contributed by atoms with Gasteiger partial charge in [-0.15, -0.1) is 0 Å². The molecule has 7 nitrogen and oxygen atoms in total. The van der Waals surface area contributed by atoms with Crippen molar-refractivity contribution >= 4 is 28.5 Å². The lowest BCUT2D eigenvalue weighted by atomic mass is 9.94. The highest BCUT2D eigenvalue weighted by atomic mass is 16.5. The van der Waals surface area contributed by atoms with E-state index in [1.54, 1.807) is 18.3 Å². The van der Waals surface area contributed by atoms with Crippen LogP contribution < -0.4 is 10.1 Å². The van der Waals surface area contributed by atoms with Crippen molar-refractivity contribution in [2.45, 2.75) is 51.2 Å². The molecule has 0 saturated heterocycles. The summed E-state index contributed by atoms with van der Waals surface area (Å²) in [4.78, 5) is 44.0. The molecule has 1 N–H and O–H groups in total. The number of pyridine rings is 1. The Bertz CT molecular complexity index is 1200. The maximum Gasteiger partial charge on any atom is 0.261 e. The minimum atomic E-state index is -0.307. The Morgan fingerprint density at radius 2 is 1.71 bits per heavy atom. The number of nitrogens with one attached hydrogen (secondary N) is 1. The molecule has 0 radical (unpaired) electrons. The number of carbonyl (C=O) groups excluding carboxylic acids is 3. The fourth-order valence-corrected chi connectivity index (χ4v) is 4.79. The zero-order valence-corrected chi connectivity index (χ0v) is 19.0. The van der Waals surface area contributed by atoms with Gasteiger partial charge < -0.3 is 10.1 Å². The molecule has 5 rings (SSSR count). The highest BCUT2D eigenvalue weighted by molar-refractivity contribution is 6.25. The first-order chi connectivity index (χ1) is 16.6. The van der Waals surface area contributed by atoms with Gasteiger partial charge in [0.2, 0.25) is 11.8 Å². The topological polar surface area (TPSA) is 88.6 Å². The molecule has 1 fully saturated rings. The van der Waals surface area contributed by atoms with Gasteiger partial charge in [-0.25, -0.2) is 4.98 Å². The molecule has 1 aliphatic carbocycles. The van der Waals surface area contributed by atoms with Crippen LogP contribution in [0.25, 0.3) is 10.8 Å². The van der Waals surface area contributed by atoms with Crippen LogP contribution in [0.5, 0.6) is 5.88 Å². The minimum Gasteiger partial charge on any atom is -0.474 e. The lowest BCUT2D eigenvalue weighted by Crippen LogP contribution is -2.41. The smallest absolute Gasteiger partial charge is 0.261 e. The van der Waals surface area contributed by atoms with Gasteiger partial charge in [-0.3, -0.25) is 19.3 Å². The second kappa shape index (κ2) is 9.63. The van der Waals surface area contributed by atoms with Gasteiger partial charge in [0.05, 0.1) is 0 Å². The Morgan fingerprint density at radius 1 is 1.00 bits per heavy atom. The van der Waals surface area contributed by atoms with Gasteiger partial charge >= 0.3 is 0 Å². The number of hydrogen-bond acceptors (Lipinski definition) is 5. The van der Waals surface area contributed by atoms with Crippen molar-refractivity contribution in [2.24, 2.45) is 0 Å². The number of aromatic nitrogens is 1. The minimum absolute atomic E-state index is 0.143. The average molecular weight is 458 g/mol. The molecule has 0 spiro atoms. The number of amides is 3. The van der Waals surface area contributed by atoms with Crippen molar-refractivity contribution in [3.05, 3.63) is 71.4 Å². The number of hydrogen-bond donors (Lipinski definition) is 1. The summed E-state index contributed by atoms with van der Waals surface area (Å²) in [6.45, 7) is 0.518. The molecule has 0 bridgehead atoms. The van der Waals surface area contributed by atoms with Crippen LogP contribution in [0.2, 0.25) is 0 Å². The molecule has 7 heteroatoms. The van der Waals surface area contributed by atoms with Gasteiger partial charge in [0.1, 0.15) is 6.10 Å². The predicted molar refractivity (Wildman–Crippen MR) is 128 cm³/mol. The van der Waals surface area contributed by atoms with Crippen molar-refractivity contribution in [3.8, 4) is 5.88 Å². The summed E-state index contributed by atoms with van der Waals surface area (Å²) in [6.07, 6.45) is 6.91. The van der Waals surface area contributed by atoms with E-state index in [1.807, 2.05) is 36.4 Å². The maximum atomic E-state index is 13.0. The fraction of sp³-hybridized carbons (Fsp3) is 0.333. The third-order valence-electron chi connectivity index (χ3n) is 6.55. The lowest BCUT2D eigenvalue weighted by Gasteiger charge is -2.27. The van der Waals surface area contributed by atoms with Gasteiger partial charge in [-0.05, 0) is 55.7 Å². The molecule has 1 saturated carbocycles. The van der Waals surface area contributed by atoms with Crippen LogP contribution in [0.3, 0.4) is 0 Å². The number of benzene rings is 2. The van der Waals surface area contributed by atoms with E-state index >= 15 is 0 Å². The summed E-state index contributed by atoms with van der Waals surface area (Å²) in [6, 6.07) is 14.7. The number of ether oxygens (including phenoxy) is 1.